The zero-order valence-corrected chi connectivity index (χ0v) is 14.8. The molecule has 0 fully saturated rings. The molecule has 0 unspecified atom stereocenters. The number of nitrogens with one attached hydrogen (secondary N) is 1. The Morgan fingerprint density at radius 3 is 2.64 bits per heavy atom. The Labute approximate surface area is 157 Å². The third-order valence-corrected chi connectivity index (χ3v) is 4.41. The van der Waals surface area contributed by atoms with Crippen LogP contribution in [0.2, 0.25) is 0 Å². The quantitative estimate of drug-likeness (QED) is 0.540. The average molecular weight is 384 g/mol. The van der Waals surface area contributed by atoms with Gasteiger partial charge in [0.1, 0.15) is 17.2 Å². The first-order chi connectivity index (χ1) is 13.4. The summed E-state index contributed by atoms with van der Waals surface area (Å²) in [5.74, 6) is -0.549. The Hall–Kier alpha value is -3.42. The minimum Gasteiger partial charge on any atom is -0.339 e. The van der Waals surface area contributed by atoms with Crippen molar-refractivity contribution in [2.45, 2.75) is 19.9 Å². The number of ketones is 1. The minimum atomic E-state index is -2.70. The summed E-state index contributed by atoms with van der Waals surface area (Å²) in [5, 5.41) is 4.38. The number of aromatic amines is 1. The van der Waals surface area contributed by atoms with E-state index in [9.17, 15) is 18.0 Å². The van der Waals surface area contributed by atoms with Crippen LogP contribution in [0.15, 0.2) is 48.9 Å². The van der Waals surface area contributed by atoms with Crippen LogP contribution in [0.3, 0.4) is 0 Å². The SMILES string of the molecule is CC(=O)Cc1ccc(-c2cnc3[nH]c(-c4cnn(C(F)F)c4)cc3c2)cc1F. The van der Waals surface area contributed by atoms with Crippen molar-refractivity contribution in [2.75, 3.05) is 0 Å². The van der Waals surface area contributed by atoms with Gasteiger partial charge in [0, 0.05) is 35.3 Å². The number of nitrogens with zero attached hydrogens (tertiary/aromatic N) is 3. The number of rotatable bonds is 5. The van der Waals surface area contributed by atoms with Crippen LogP contribution in [0.4, 0.5) is 13.2 Å². The van der Waals surface area contributed by atoms with Crippen LogP contribution in [-0.4, -0.2) is 25.5 Å². The van der Waals surface area contributed by atoms with Crippen LogP contribution in [0.1, 0.15) is 19.0 Å². The molecule has 4 rings (SSSR count). The van der Waals surface area contributed by atoms with Gasteiger partial charge in [0.05, 0.1) is 11.9 Å². The fourth-order valence-corrected chi connectivity index (χ4v) is 3.05. The largest absolute Gasteiger partial charge is 0.339 e. The molecule has 142 valence electrons. The van der Waals surface area contributed by atoms with Gasteiger partial charge in [-0.1, -0.05) is 12.1 Å². The molecule has 0 saturated heterocycles. The van der Waals surface area contributed by atoms with Crippen molar-refractivity contribution in [3.8, 4) is 22.4 Å². The van der Waals surface area contributed by atoms with Gasteiger partial charge in [0.2, 0.25) is 0 Å². The number of fused-ring (bicyclic) bond motifs is 1. The molecule has 0 aliphatic carbocycles. The molecule has 5 nitrogen and oxygen atoms in total. The smallest absolute Gasteiger partial charge is 0.333 e. The van der Waals surface area contributed by atoms with Gasteiger partial charge >= 0.3 is 6.55 Å². The number of alkyl halides is 2. The zero-order chi connectivity index (χ0) is 19.8. The molecular formula is C20H15F3N4O. The van der Waals surface area contributed by atoms with E-state index in [1.807, 2.05) is 6.07 Å². The first-order valence-corrected chi connectivity index (χ1v) is 8.50. The van der Waals surface area contributed by atoms with Crippen LogP contribution in [0.5, 0.6) is 0 Å². The van der Waals surface area contributed by atoms with E-state index >= 15 is 0 Å². The van der Waals surface area contributed by atoms with Crippen molar-refractivity contribution in [1.29, 1.82) is 0 Å². The van der Waals surface area contributed by atoms with Gasteiger partial charge in [0.25, 0.3) is 0 Å². The van der Waals surface area contributed by atoms with Gasteiger partial charge in [-0.25, -0.2) is 14.1 Å². The maximum absolute atomic E-state index is 14.3. The van der Waals surface area contributed by atoms with Gasteiger partial charge in [0.15, 0.2) is 0 Å². The van der Waals surface area contributed by atoms with Gasteiger partial charge in [-0.05, 0) is 36.2 Å². The van der Waals surface area contributed by atoms with Crippen LogP contribution in [0, 0.1) is 5.82 Å². The van der Waals surface area contributed by atoms with Crippen molar-refractivity contribution in [3.05, 3.63) is 60.3 Å². The summed E-state index contributed by atoms with van der Waals surface area (Å²) in [4.78, 5) is 18.6. The molecule has 4 aromatic rings. The number of benzene rings is 1. The van der Waals surface area contributed by atoms with E-state index in [-0.39, 0.29) is 12.2 Å². The van der Waals surface area contributed by atoms with E-state index in [1.165, 1.54) is 25.4 Å². The summed E-state index contributed by atoms with van der Waals surface area (Å²) in [6.07, 6.45) is 4.25. The second kappa shape index (κ2) is 6.95. The highest BCUT2D eigenvalue weighted by molar-refractivity contribution is 5.86. The molecule has 1 aromatic carbocycles. The number of H-pyrrole nitrogens is 1. The monoisotopic (exact) mass is 384 g/mol. The molecular weight excluding hydrogens is 369 g/mol. The fourth-order valence-electron chi connectivity index (χ4n) is 3.05. The lowest BCUT2D eigenvalue weighted by molar-refractivity contribution is -0.116. The average Bonchev–Trinajstić information content (AvgIpc) is 3.29. The van der Waals surface area contributed by atoms with E-state index in [0.717, 1.165) is 5.39 Å². The molecule has 0 aliphatic heterocycles. The lowest BCUT2D eigenvalue weighted by Crippen LogP contribution is -1.99. The predicted octanol–water partition coefficient (Wildman–Crippen LogP) is 4.76. The molecule has 8 heteroatoms. The van der Waals surface area contributed by atoms with E-state index in [0.29, 0.717) is 38.3 Å². The van der Waals surface area contributed by atoms with Crippen LogP contribution in [0.25, 0.3) is 33.4 Å². The Bertz CT molecular complexity index is 1180. The van der Waals surface area contributed by atoms with Crippen molar-refractivity contribution in [1.82, 2.24) is 19.7 Å². The topological polar surface area (TPSA) is 63.6 Å². The summed E-state index contributed by atoms with van der Waals surface area (Å²) < 4.78 is 40.2. The lowest BCUT2D eigenvalue weighted by Gasteiger charge is -2.05. The van der Waals surface area contributed by atoms with Gasteiger partial charge in [-0.3, -0.25) is 4.79 Å². The normalized spacial score (nSPS) is 11.5. The second-order valence-corrected chi connectivity index (χ2v) is 6.52. The summed E-state index contributed by atoms with van der Waals surface area (Å²) in [6, 6.07) is 8.32. The van der Waals surface area contributed by atoms with Gasteiger partial charge in [-0.15, -0.1) is 0 Å². The molecule has 0 spiro atoms. The molecule has 28 heavy (non-hydrogen) atoms. The van der Waals surface area contributed by atoms with Crippen molar-refractivity contribution in [2.24, 2.45) is 0 Å². The van der Waals surface area contributed by atoms with E-state index in [4.69, 9.17) is 0 Å². The number of hydrogen-bond acceptors (Lipinski definition) is 3. The number of pyridine rings is 1. The summed E-state index contributed by atoms with van der Waals surface area (Å²) >= 11 is 0. The number of hydrogen-bond donors (Lipinski definition) is 1. The van der Waals surface area contributed by atoms with Crippen molar-refractivity contribution in [3.63, 3.8) is 0 Å². The standard InChI is InChI=1S/C20H15F3N4O/c1-11(28)4-13-3-2-12(6-17(13)21)15-5-14-7-18(26-19(14)24-8-15)16-9-25-27(10-16)20(22)23/h2-3,5-10,20H,4H2,1H3,(H,24,26). The van der Waals surface area contributed by atoms with Crippen LogP contribution < -0.4 is 0 Å². The molecule has 3 aromatic heterocycles. The van der Waals surface area contributed by atoms with Gasteiger partial charge in [-0.2, -0.15) is 13.9 Å². The highest BCUT2D eigenvalue weighted by Gasteiger charge is 2.12. The van der Waals surface area contributed by atoms with Crippen molar-refractivity contribution < 1.29 is 18.0 Å². The maximum atomic E-state index is 14.3. The summed E-state index contributed by atoms with van der Waals surface area (Å²) in [5.41, 5.74) is 3.39. The Balaban J connectivity index is 1.68. The van der Waals surface area contributed by atoms with Crippen LogP contribution >= 0.6 is 0 Å². The van der Waals surface area contributed by atoms with E-state index < -0.39 is 12.4 Å². The third-order valence-electron chi connectivity index (χ3n) is 4.41. The molecule has 0 radical (unpaired) electrons. The number of aromatic nitrogens is 4. The van der Waals surface area contributed by atoms with Crippen molar-refractivity contribution >= 4 is 16.8 Å². The molecule has 0 bridgehead atoms. The number of carbonyl (C=O) groups excluding carboxylic acids is 1. The number of Topliss-reactive ketones (excluding diaryl/α,β-unsaturated/α-hetero) is 1. The highest BCUT2D eigenvalue weighted by Crippen LogP contribution is 2.28. The zero-order valence-electron chi connectivity index (χ0n) is 14.8. The Morgan fingerprint density at radius 1 is 1.14 bits per heavy atom. The first kappa shape index (κ1) is 18.0. The molecule has 0 saturated carbocycles. The number of halogens is 3. The molecule has 0 atom stereocenters. The van der Waals surface area contributed by atoms with E-state index in [2.05, 4.69) is 15.1 Å². The molecule has 1 N–H and O–H groups in total. The summed E-state index contributed by atoms with van der Waals surface area (Å²) in [7, 11) is 0. The number of carbonyl (C=O) groups is 1. The fraction of sp³-hybridized carbons (Fsp3) is 0.150. The maximum Gasteiger partial charge on any atom is 0.333 e. The predicted molar refractivity (Wildman–Crippen MR) is 98.3 cm³/mol. The highest BCUT2D eigenvalue weighted by atomic mass is 19.3. The third kappa shape index (κ3) is 3.40. The second-order valence-electron chi connectivity index (χ2n) is 6.52. The van der Waals surface area contributed by atoms with E-state index in [1.54, 1.807) is 24.4 Å². The Morgan fingerprint density at radius 2 is 1.96 bits per heavy atom. The van der Waals surface area contributed by atoms with Crippen LogP contribution in [-0.2, 0) is 11.2 Å². The van der Waals surface area contributed by atoms with Gasteiger partial charge < -0.3 is 4.98 Å². The lowest BCUT2D eigenvalue weighted by atomic mass is 10.0. The summed E-state index contributed by atoms with van der Waals surface area (Å²) in [6.45, 7) is -1.29. The molecule has 3 heterocycles. The molecule has 0 amide bonds. The first-order valence-electron chi connectivity index (χ1n) is 8.50. The minimum absolute atomic E-state index is 0.0524. The Kier molecular flexibility index (Phi) is 4.46. The molecule has 0 aliphatic rings.